The Balaban J connectivity index is 0.000000211. The van der Waals surface area contributed by atoms with Crippen molar-refractivity contribution >= 4 is 11.9 Å². The third-order valence-corrected chi connectivity index (χ3v) is 3.54. The lowest BCUT2D eigenvalue weighted by Crippen LogP contribution is -2.39. The molecule has 122 valence electrons. The molecule has 7 nitrogen and oxygen atoms in total. The molecule has 2 fully saturated rings. The molecule has 7 heteroatoms. The maximum Gasteiger partial charge on any atom is 0.304 e. The van der Waals surface area contributed by atoms with Gasteiger partial charge in [-0.05, 0) is 19.4 Å². The molecule has 2 heterocycles. The van der Waals surface area contributed by atoms with Crippen molar-refractivity contribution in [2.24, 2.45) is 0 Å². The zero-order chi connectivity index (χ0) is 15.7. The molecule has 0 saturated carbocycles. The minimum absolute atomic E-state index is 0.0926. The second-order valence-corrected chi connectivity index (χ2v) is 5.48. The molecule has 1 atom stereocenters. The molecular weight excluding hydrogens is 274 g/mol. The Morgan fingerprint density at radius 3 is 2.48 bits per heavy atom. The molecule has 1 amide bonds. The summed E-state index contributed by atoms with van der Waals surface area (Å²) in [7, 11) is 3.59. The van der Waals surface area contributed by atoms with Crippen LogP contribution in [0.15, 0.2) is 0 Å². The summed E-state index contributed by atoms with van der Waals surface area (Å²) in [5, 5.41) is 11.5. The van der Waals surface area contributed by atoms with Gasteiger partial charge in [-0.1, -0.05) is 0 Å². The highest BCUT2D eigenvalue weighted by molar-refractivity contribution is 5.81. The summed E-state index contributed by atoms with van der Waals surface area (Å²) < 4.78 is 5.12. The normalized spacial score (nSPS) is 22.3. The predicted octanol–water partition coefficient (Wildman–Crippen LogP) is -0.380. The largest absolute Gasteiger partial charge is 0.481 e. The highest BCUT2D eigenvalue weighted by Gasteiger charge is 2.22. The zero-order valence-electron chi connectivity index (χ0n) is 13.0. The van der Waals surface area contributed by atoms with Crippen molar-refractivity contribution in [2.45, 2.75) is 25.3 Å². The van der Waals surface area contributed by atoms with E-state index in [4.69, 9.17) is 9.84 Å². The topological polar surface area (TPSA) is 82.1 Å². The Morgan fingerprint density at radius 1 is 1.33 bits per heavy atom. The number of ether oxygens (including phenoxy) is 1. The van der Waals surface area contributed by atoms with Crippen LogP contribution in [0.4, 0.5) is 0 Å². The number of nitrogens with one attached hydrogen (secondary N) is 1. The van der Waals surface area contributed by atoms with Crippen molar-refractivity contribution in [3.8, 4) is 0 Å². The third kappa shape index (κ3) is 7.40. The van der Waals surface area contributed by atoms with Crippen LogP contribution in [0.5, 0.6) is 0 Å². The van der Waals surface area contributed by atoms with E-state index in [-0.39, 0.29) is 18.4 Å². The number of aliphatic carboxylic acids is 1. The zero-order valence-corrected chi connectivity index (χ0v) is 13.0. The Labute approximate surface area is 126 Å². The van der Waals surface area contributed by atoms with Gasteiger partial charge in [0.2, 0.25) is 5.91 Å². The third-order valence-electron chi connectivity index (χ3n) is 3.54. The van der Waals surface area contributed by atoms with Gasteiger partial charge in [0.05, 0.1) is 25.7 Å². The summed E-state index contributed by atoms with van der Waals surface area (Å²) >= 11 is 0. The van der Waals surface area contributed by atoms with E-state index in [1.807, 2.05) is 0 Å². The van der Waals surface area contributed by atoms with Gasteiger partial charge in [0.1, 0.15) is 0 Å². The number of morpholine rings is 1. The van der Waals surface area contributed by atoms with Crippen molar-refractivity contribution in [3.05, 3.63) is 0 Å². The first-order valence-electron chi connectivity index (χ1n) is 7.47. The molecule has 21 heavy (non-hydrogen) atoms. The predicted molar refractivity (Wildman–Crippen MR) is 79.2 cm³/mol. The van der Waals surface area contributed by atoms with Gasteiger partial charge in [0, 0.05) is 33.7 Å². The number of carbonyl (C=O) groups is 2. The fourth-order valence-corrected chi connectivity index (χ4v) is 2.29. The van der Waals surface area contributed by atoms with E-state index in [1.54, 1.807) is 19.0 Å². The van der Waals surface area contributed by atoms with Crippen LogP contribution in [0, 0.1) is 0 Å². The number of carbonyl (C=O) groups excluding carboxylic acids is 1. The van der Waals surface area contributed by atoms with Gasteiger partial charge in [-0.3, -0.25) is 14.5 Å². The van der Waals surface area contributed by atoms with Crippen LogP contribution in [0.1, 0.15) is 19.3 Å². The summed E-state index contributed by atoms with van der Waals surface area (Å²) in [5.41, 5.74) is 0. The molecule has 0 bridgehead atoms. The average molecular weight is 301 g/mol. The summed E-state index contributed by atoms with van der Waals surface area (Å²) in [5.74, 6) is -0.519. The van der Waals surface area contributed by atoms with E-state index in [2.05, 4.69) is 10.2 Å². The molecule has 2 N–H and O–H groups in total. The van der Waals surface area contributed by atoms with Crippen molar-refractivity contribution < 1.29 is 19.4 Å². The van der Waals surface area contributed by atoms with Gasteiger partial charge in [0.15, 0.2) is 0 Å². The second kappa shape index (κ2) is 9.70. The van der Waals surface area contributed by atoms with Gasteiger partial charge in [-0.15, -0.1) is 0 Å². The molecule has 0 unspecified atom stereocenters. The van der Waals surface area contributed by atoms with Gasteiger partial charge >= 0.3 is 5.97 Å². The maximum atomic E-state index is 11.2. The summed E-state index contributed by atoms with van der Waals surface area (Å²) in [6.07, 6.45) is 2.36. The number of likely N-dealkylation sites (N-methyl/N-ethyl adjacent to an activating group) is 1. The first-order valence-corrected chi connectivity index (χ1v) is 7.47. The molecule has 0 aromatic heterocycles. The molecule has 0 spiro atoms. The SMILES string of the molecule is CN(C)C(=O)[C@@H]1CCCN1.O=C(O)CCN1CCOCC1. The lowest BCUT2D eigenvalue weighted by molar-refractivity contribution is -0.137. The molecule has 0 aromatic carbocycles. The number of carboxylic acid groups (broad SMARTS) is 1. The summed E-state index contributed by atoms with van der Waals surface area (Å²) in [6.45, 7) is 4.85. The summed E-state index contributed by atoms with van der Waals surface area (Å²) in [6, 6.07) is 0.0926. The molecule has 0 radical (unpaired) electrons. The van der Waals surface area contributed by atoms with Crippen molar-refractivity contribution in [1.29, 1.82) is 0 Å². The molecule has 0 aliphatic carbocycles. The Morgan fingerprint density at radius 2 is 2.00 bits per heavy atom. The first kappa shape index (κ1) is 17.9. The van der Waals surface area contributed by atoms with Gasteiger partial charge in [-0.25, -0.2) is 0 Å². The van der Waals surface area contributed by atoms with E-state index in [0.29, 0.717) is 6.54 Å². The van der Waals surface area contributed by atoms with Crippen LogP contribution >= 0.6 is 0 Å². The number of hydrogen-bond acceptors (Lipinski definition) is 5. The van der Waals surface area contributed by atoms with E-state index in [9.17, 15) is 9.59 Å². The molecule has 2 rings (SSSR count). The molecule has 2 saturated heterocycles. The lowest BCUT2D eigenvalue weighted by Gasteiger charge is -2.25. The van der Waals surface area contributed by atoms with Crippen LogP contribution in [0.25, 0.3) is 0 Å². The lowest BCUT2D eigenvalue weighted by atomic mass is 10.2. The number of hydrogen-bond donors (Lipinski definition) is 2. The van der Waals surface area contributed by atoms with Crippen molar-refractivity contribution in [3.63, 3.8) is 0 Å². The van der Waals surface area contributed by atoms with Crippen LogP contribution in [-0.2, 0) is 14.3 Å². The molecule has 2 aliphatic rings. The molecular formula is C14H27N3O4. The van der Waals surface area contributed by atoms with Crippen molar-refractivity contribution in [1.82, 2.24) is 15.1 Å². The molecule has 0 aromatic rings. The van der Waals surface area contributed by atoms with Gasteiger partial charge < -0.3 is 20.1 Å². The number of carboxylic acids is 1. The Hall–Kier alpha value is -1.18. The highest BCUT2D eigenvalue weighted by atomic mass is 16.5. The Kier molecular flexibility index (Phi) is 8.26. The quantitative estimate of drug-likeness (QED) is 0.737. The average Bonchev–Trinajstić information content (AvgIpc) is 3.00. The minimum Gasteiger partial charge on any atom is -0.481 e. The monoisotopic (exact) mass is 301 g/mol. The van der Waals surface area contributed by atoms with Crippen molar-refractivity contribution in [2.75, 3.05) is 53.5 Å². The first-order chi connectivity index (χ1) is 10.0. The van der Waals surface area contributed by atoms with Crippen LogP contribution in [-0.4, -0.2) is 86.3 Å². The molecule has 2 aliphatic heterocycles. The minimum atomic E-state index is -0.725. The maximum absolute atomic E-state index is 11.2. The van der Waals surface area contributed by atoms with Gasteiger partial charge in [-0.2, -0.15) is 0 Å². The van der Waals surface area contributed by atoms with E-state index in [0.717, 1.165) is 45.7 Å². The fraction of sp³-hybridized carbons (Fsp3) is 0.857. The standard InChI is InChI=1S/C7H14N2O.C7H13NO3/c1-9(2)7(10)6-4-3-5-8-6;9-7(10)1-2-8-3-5-11-6-4-8/h6,8H,3-5H2,1-2H3;1-6H2,(H,9,10)/t6-;/m0./s1. The van der Waals surface area contributed by atoms with Gasteiger partial charge in [0.25, 0.3) is 0 Å². The van der Waals surface area contributed by atoms with Crippen LogP contribution in [0.2, 0.25) is 0 Å². The Bertz CT molecular complexity index is 324. The fourth-order valence-electron chi connectivity index (χ4n) is 2.29. The van der Waals surface area contributed by atoms with E-state index < -0.39 is 5.97 Å². The second-order valence-electron chi connectivity index (χ2n) is 5.48. The van der Waals surface area contributed by atoms with E-state index >= 15 is 0 Å². The number of rotatable bonds is 4. The van der Waals surface area contributed by atoms with E-state index in [1.165, 1.54) is 0 Å². The highest BCUT2D eigenvalue weighted by Crippen LogP contribution is 2.06. The van der Waals surface area contributed by atoms with Crippen LogP contribution in [0.3, 0.4) is 0 Å². The smallest absolute Gasteiger partial charge is 0.304 e. The number of amides is 1. The summed E-state index contributed by atoms with van der Waals surface area (Å²) in [4.78, 5) is 25.1. The number of nitrogens with zero attached hydrogens (tertiary/aromatic N) is 2. The van der Waals surface area contributed by atoms with Crippen LogP contribution < -0.4 is 5.32 Å².